The molecule has 1 aliphatic heterocycles. The first-order valence-corrected chi connectivity index (χ1v) is 5.22. The molecule has 76 valence electrons. The summed E-state index contributed by atoms with van der Waals surface area (Å²) < 4.78 is 0. The van der Waals surface area contributed by atoms with Crippen LogP contribution in [0.2, 0.25) is 5.02 Å². The average molecular weight is 212 g/mol. The molecule has 0 fully saturated rings. The molecule has 2 rings (SSSR count). The van der Waals surface area contributed by atoms with E-state index in [1.807, 2.05) is 12.1 Å². The van der Waals surface area contributed by atoms with Gasteiger partial charge in [0.15, 0.2) is 0 Å². The lowest BCUT2D eigenvalue weighted by Crippen LogP contribution is -2.26. The van der Waals surface area contributed by atoms with E-state index in [9.17, 15) is 0 Å². The Hall–Kier alpha value is -0.730. The fraction of sp³-hybridized carbons (Fsp3) is 0.455. The summed E-state index contributed by atoms with van der Waals surface area (Å²) in [4.78, 5) is 0. The number of hydrogen-bond donors (Lipinski definition) is 2. The van der Waals surface area contributed by atoms with E-state index in [4.69, 9.17) is 16.7 Å². The van der Waals surface area contributed by atoms with Crippen LogP contribution in [0.4, 0.5) is 5.69 Å². The highest BCUT2D eigenvalue weighted by Crippen LogP contribution is 2.30. The minimum Gasteiger partial charge on any atom is -0.396 e. The fourth-order valence-corrected chi connectivity index (χ4v) is 2.28. The van der Waals surface area contributed by atoms with Gasteiger partial charge in [-0.1, -0.05) is 11.6 Å². The number of hydrogen-bond acceptors (Lipinski definition) is 2. The highest BCUT2D eigenvalue weighted by Gasteiger charge is 2.19. The maximum Gasteiger partial charge on any atom is 0.0479 e. The summed E-state index contributed by atoms with van der Waals surface area (Å²) in [5, 5.41) is 13.2. The SMILES string of the molecule is Cc1cc(Cl)cc2c1NCC(CO)C2. The first-order valence-electron chi connectivity index (χ1n) is 4.84. The second kappa shape index (κ2) is 3.79. The van der Waals surface area contributed by atoms with Crippen LogP contribution in [0.15, 0.2) is 12.1 Å². The molecule has 2 N–H and O–H groups in total. The van der Waals surface area contributed by atoms with Crippen LogP contribution in [0.25, 0.3) is 0 Å². The molecule has 1 heterocycles. The smallest absolute Gasteiger partial charge is 0.0479 e. The molecule has 14 heavy (non-hydrogen) atoms. The van der Waals surface area contributed by atoms with Gasteiger partial charge in [-0.05, 0) is 36.6 Å². The molecule has 0 aliphatic carbocycles. The molecule has 1 unspecified atom stereocenters. The largest absolute Gasteiger partial charge is 0.396 e. The molecule has 0 bridgehead atoms. The Morgan fingerprint density at radius 3 is 3.07 bits per heavy atom. The lowest BCUT2D eigenvalue weighted by Gasteiger charge is -2.26. The van der Waals surface area contributed by atoms with Crippen molar-refractivity contribution in [3.63, 3.8) is 0 Å². The Balaban J connectivity index is 2.37. The topological polar surface area (TPSA) is 32.3 Å². The Morgan fingerprint density at radius 2 is 2.36 bits per heavy atom. The number of benzene rings is 1. The van der Waals surface area contributed by atoms with Gasteiger partial charge >= 0.3 is 0 Å². The summed E-state index contributed by atoms with van der Waals surface area (Å²) in [5.74, 6) is 0.320. The zero-order valence-corrected chi connectivity index (χ0v) is 8.93. The predicted octanol–water partition coefficient (Wildman–Crippen LogP) is 2.22. The number of fused-ring (bicyclic) bond motifs is 1. The van der Waals surface area contributed by atoms with Crippen molar-refractivity contribution in [1.29, 1.82) is 0 Å². The summed E-state index contributed by atoms with van der Waals surface area (Å²) in [6, 6.07) is 3.95. The van der Waals surface area contributed by atoms with Crippen LogP contribution >= 0.6 is 11.6 Å². The highest BCUT2D eigenvalue weighted by molar-refractivity contribution is 6.30. The number of aliphatic hydroxyl groups is 1. The van der Waals surface area contributed by atoms with Crippen LogP contribution in [0, 0.1) is 12.8 Å². The van der Waals surface area contributed by atoms with Crippen molar-refractivity contribution < 1.29 is 5.11 Å². The lowest BCUT2D eigenvalue weighted by molar-refractivity contribution is 0.230. The van der Waals surface area contributed by atoms with E-state index in [-0.39, 0.29) is 6.61 Å². The standard InChI is InChI=1S/C11H14ClNO/c1-7-2-10(12)4-9-3-8(6-14)5-13-11(7)9/h2,4,8,13-14H,3,5-6H2,1H3. The molecule has 0 spiro atoms. The Bertz CT molecular complexity index is 351. The van der Waals surface area contributed by atoms with E-state index in [1.165, 1.54) is 16.8 Å². The highest BCUT2D eigenvalue weighted by atomic mass is 35.5. The Labute approximate surface area is 88.9 Å². The molecule has 0 amide bonds. The third-order valence-corrected chi connectivity index (χ3v) is 2.93. The summed E-state index contributed by atoms with van der Waals surface area (Å²) in [6.07, 6.45) is 0.917. The molecule has 0 aromatic heterocycles. The second-order valence-corrected chi connectivity index (χ2v) is 4.33. The van der Waals surface area contributed by atoms with Crippen molar-refractivity contribution in [2.75, 3.05) is 18.5 Å². The van der Waals surface area contributed by atoms with E-state index < -0.39 is 0 Å². The third kappa shape index (κ3) is 1.72. The van der Waals surface area contributed by atoms with Crippen LogP contribution < -0.4 is 5.32 Å². The van der Waals surface area contributed by atoms with Gasteiger partial charge < -0.3 is 10.4 Å². The molecule has 3 heteroatoms. The number of rotatable bonds is 1. The Morgan fingerprint density at radius 1 is 1.57 bits per heavy atom. The van der Waals surface area contributed by atoms with Gasteiger partial charge in [-0.2, -0.15) is 0 Å². The molecule has 0 saturated heterocycles. The van der Waals surface area contributed by atoms with Gasteiger partial charge in [-0.15, -0.1) is 0 Å². The van der Waals surface area contributed by atoms with Crippen LogP contribution in [-0.4, -0.2) is 18.3 Å². The average Bonchev–Trinajstić information content (AvgIpc) is 2.16. The van der Waals surface area contributed by atoms with Crippen molar-refractivity contribution in [2.24, 2.45) is 5.92 Å². The van der Waals surface area contributed by atoms with Gasteiger partial charge in [0, 0.05) is 29.8 Å². The molecule has 0 saturated carbocycles. The zero-order valence-electron chi connectivity index (χ0n) is 8.18. The molecule has 1 aromatic carbocycles. The molecular weight excluding hydrogens is 198 g/mol. The van der Waals surface area contributed by atoms with Gasteiger partial charge in [-0.25, -0.2) is 0 Å². The number of aliphatic hydroxyl groups excluding tert-OH is 1. The number of aryl methyl sites for hydroxylation is 1. The number of anilines is 1. The monoisotopic (exact) mass is 211 g/mol. The molecule has 0 radical (unpaired) electrons. The quantitative estimate of drug-likeness (QED) is 0.747. The van der Waals surface area contributed by atoms with Gasteiger partial charge in [0.2, 0.25) is 0 Å². The summed E-state index contributed by atoms with van der Waals surface area (Å²) in [7, 11) is 0. The minimum absolute atomic E-state index is 0.234. The molecule has 1 aromatic rings. The van der Waals surface area contributed by atoms with Crippen molar-refractivity contribution >= 4 is 17.3 Å². The van der Waals surface area contributed by atoms with Gasteiger partial charge in [0.1, 0.15) is 0 Å². The van der Waals surface area contributed by atoms with E-state index in [0.717, 1.165) is 18.0 Å². The van der Waals surface area contributed by atoms with Crippen molar-refractivity contribution in [1.82, 2.24) is 0 Å². The van der Waals surface area contributed by atoms with E-state index in [2.05, 4.69) is 12.2 Å². The molecule has 2 nitrogen and oxygen atoms in total. The van der Waals surface area contributed by atoms with E-state index in [0.29, 0.717) is 5.92 Å². The van der Waals surface area contributed by atoms with Crippen LogP contribution in [0.3, 0.4) is 0 Å². The number of nitrogens with one attached hydrogen (secondary N) is 1. The second-order valence-electron chi connectivity index (χ2n) is 3.89. The van der Waals surface area contributed by atoms with Crippen molar-refractivity contribution in [3.05, 3.63) is 28.3 Å². The molecular formula is C11H14ClNO. The zero-order chi connectivity index (χ0) is 10.1. The minimum atomic E-state index is 0.234. The van der Waals surface area contributed by atoms with Crippen LogP contribution in [0.1, 0.15) is 11.1 Å². The summed E-state index contributed by atoms with van der Waals surface area (Å²) >= 11 is 5.98. The molecule has 1 aliphatic rings. The maximum atomic E-state index is 9.08. The van der Waals surface area contributed by atoms with E-state index >= 15 is 0 Å². The third-order valence-electron chi connectivity index (χ3n) is 2.72. The van der Waals surface area contributed by atoms with Crippen LogP contribution in [0.5, 0.6) is 0 Å². The fourth-order valence-electron chi connectivity index (χ4n) is 1.99. The number of halogens is 1. The predicted molar refractivity (Wildman–Crippen MR) is 59.0 cm³/mol. The van der Waals surface area contributed by atoms with Gasteiger partial charge in [-0.3, -0.25) is 0 Å². The summed E-state index contributed by atoms with van der Waals surface area (Å²) in [5.41, 5.74) is 3.60. The van der Waals surface area contributed by atoms with Crippen molar-refractivity contribution in [3.8, 4) is 0 Å². The van der Waals surface area contributed by atoms with Gasteiger partial charge in [0.25, 0.3) is 0 Å². The maximum absolute atomic E-state index is 9.08. The van der Waals surface area contributed by atoms with Crippen LogP contribution in [-0.2, 0) is 6.42 Å². The summed E-state index contributed by atoms with van der Waals surface area (Å²) in [6.45, 7) is 3.14. The normalized spacial score (nSPS) is 20.1. The Kier molecular flexibility index (Phi) is 2.66. The van der Waals surface area contributed by atoms with Gasteiger partial charge in [0.05, 0.1) is 0 Å². The van der Waals surface area contributed by atoms with E-state index in [1.54, 1.807) is 0 Å². The lowest BCUT2D eigenvalue weighted by atomic mass is 9.93. The van der Waals surface area contributed by atoms with Crippen molar-refractivity contribution in [2.45, 2.75) is 13.3 Å². The molecule has 1 atom stereocenters. The first kappa shape index (κ1) is 9.81. The first-order chi connectivity index (χ1) is 6.70.